The van der Waals surface area contributed by atoms with Crippen molar-refractivity contribution in [3.05, 3.63) is 33.6 Å². The van der Waals surface area contributed by atoms with Crippen molar-refractivity contribution in [3.63, 3.8) is 0 Å². The van der Waals surface area contributed by atoms with Gasteiger partial charge in [-0.15, -0.1) is 0 Å². The molecular formula is C17H22ClN6O3+. The van der Waals surface area contributed by atoms with Gasteiger partial charge in [-0.1, -0.05) is 30.6 Å². The summed E-state index contributed by atoms with van der Waals surface area (Å²) >= 11 is 5.67. The molecule has 9 nitrogen and oxygen atoms in total. The van der Waals surface area contributed by atoms with Crippen LogP contribution in [0.3, 0.4) is 0 Å². The highest BCUT2D eigenvalue weighted by Gasteiger charge is 2.27. The minimum Gasteiger partial charge on any atom is -0.394 e. The summed E-state index contributed by atoms with van der Waals surface area (Å²) in [5.41, 5.74) is 5.81. The van der Waals surface area contributed by atoms with E-state index in [0.29, 0.717) is 5.82 Å². The maximum Gasteiger partial charge on any atom is 0.340 e. The number of carbonyl (C=O) groups excluding carboxylic acids is 1. The van der Waals surface area contributed by atoms with Gasteiger partial charge in [-0.2, -0.15) is 0 Å². The Morgan fingerprint density at radius 1 is 1.44 bits per heavy atom. The van der Waals surface area contributed by atoms with Crippen LogP contribution in [0.5, 0.6) is 0 Å². The molecule has 1 aliphatic rings. The van der Waals surface area contributed by atoms with Crippen molar-refractivity contribution < 1.29 is 14.4 Å². The first kappa shape index (κ1) is 19.1. The summed E-state index contributed by atoms with van der Waals surface area (Å²) in [6, 6.07) is 2.75. The molecule has 0 aliphatic carbocycles. The van der Waals surface area contributed by atoms with Crippen LogP contribution in [-0.2, 0) is 0 Å². The van der Waals surface area contributed by atoms with E-state index < -0.39 is 6.03 Å². The van der Waals surface area contributed by atoms with Crippen LogP contribution in [0, 0.1) is 0 Å². The lowest BCUT2D eigenvalue weighted by atomic mass is 9.99. The van der Waals surface area contributed by atoms with E-state index in [2.05, 4.69) is 41.7 Å². The number of hydrogen-bond donors (Lipinski definition) is 3. The maximum atomic E-state index is 12.3. The molecule has 0 bridgehead atoms. The van der Waals surface area contributed by atoms with E-state index in [9.17, 15) is 9.90 Å². The molecular weight excluding hydrogens is 372 g/mol. The Morgan fingerprint density at radius 2 is 2.19 bits per heavy atom. The Kier molecular flexibility index (Phi) is 5.33. The molecule has 2 aromatic rings. The molecule has 2 amide bonds. The van der Waals surface area contributed by atoms with Crippen molar-refractivity contribution >= 4 is 35.0 Å². The van der Waals surface area contributed by atoms with Gasteiger partial charge >= 0.3 is 11.5 Å². The summed E-state index contributed by atoms with van der Waals surface area (Å²) in [5.74, 6) is 0.932. The van der Waals surface area contributed by atoms with Gasteiger partial charge in [0.1, 0.15) is 10.9 Å². The largest absolute Gasteiger partial charge is 0.394 e. The Balaban J connectivity index is 1.89. The van der Waals surface area contributed by atoms with E-state index >= 15 is 0 Å². The van der Waals surface area contributed by atoms with Crippen molar-refractivity contribution in [3.8, 4) is 0 Å². The highest BCUT2D eigenvalue weighted by molar-refractivity contribution is 6.29. The predicted molar refractivity (Wildman–Crippen MR) is 102 cm³/mol. The molecule has 3 rings (SSSR count). The number of amides is 2. The average molecular weight is 394 g/mol. The third-order valence-electron chi connectivity index (χ3n) is 4.38. The molecule has 144 valence electrons. The summed E-state index contributed by atoms with van der Waals surface area (Å²) in [5, 5.41) is 18.2. The van der Waals surface area contributed by atoms with Gasteiger partial charge < -0.3 is 9.63 Å². The molecule has 1 aliphatic heterocycles. The zero-order valence-electron chi connectivity index (χ0n) is 15.6. The van der Waals surface area contributed by atoms with Gasteiger partial charge in [0.25, 0.3) is 5.82 Å². The molecule has 0 atom stereocenters. The van der Waals surface area contributed by atoms with Crippen molar-refractivity contribution in [2.24, 2.45) is 0 Å². The van der Waals surface area contributed by atoms with E-state index in [-0.39, 0.29) is 30.1 Å². The van der Waals surface area contributed by atoms with Crippen LogP contribution < -0.4 is 31.0 Å². The lowest BCUT2D eigenvalue weighted by Gasteiger charge is -2.22. The van der Waals surface area contributed by atoms with Crippen molar-refractivity contribution in [1.29, 1.82) is 0 Å². The average Bonchev–Trinajstić information content (AvgIpc) is 3.04. The molecule has 10 heteroatoms. The second-order valence-electron chi connectivity index (χ2n) is 6.52. The molecule has 0 radical (unpaired) electrons. The highest BCUT2D eigenvalue weighted by Crippen LogP contribution is 2.17. The molecule has 0 spiro atoms. The fraction of sp³-hybridized carbons (Fsp3) is 0.412. The SMILES string of the molecule is CC1=c2c(C(C)C)cc(N(CCO)NC(=O)Nc3cc(Cl)no3)nc2=[N+]1C. The number of hydrogen-bond acceptors (Lipinski definition) is 6. The monoisotopic (exact) mass is 393 g/mol. The second kappa shape index (κ2) is 7.53. The second-order valence-corrected chi connectivity index (χ2v) is 6.91. The number of halogens is 1. The van der Waals surface area contributed by atoms with Crippen LogP contribution in [0.2, 0.25) is 5.15 Å². The van der Waals surface area contributed by atoms with Crippen LogP contribution >= 0.6 is 11.6 Å². The number of aliphatic hydroxyl groups excluding tert-OH is 1. The smallest absolute Gasteiger partial charge is 0.340 e. The summed E-state index contributed by atoms with van der Waals surface area (Å²) in [4.78, 5) is 16.9. The quantitative estimate of drug-likeness (QED) is 0.491. The number of hydrazine groups is 1. The number of carbonyl (C=O) groups is 1. The number of urea groups is 1. The molecule has 2 aromatic heterocycles. The number of aliphatic hydroxyl groups is 1. The number of nitrogens with one attached hydrogen (secondary N) is 2. The van der Waals surface area contributed by atoms with Crippen LogP contribution in [0.15, 0.2) is 16.7 Å². The van der Waals surface area contributed by atoms with Gasteiger partial charge in [0.15, 0.2) is 5.15 Å². The molecule has 0 saturated heterocycles. The standard InChI is InChI=1S/C17H21ClN6O3/c1-9(2)11-7-13(19-16-15(11)10(3)23(16)4)24(5-6-25)21-17(26)20-14-8-12(18)22-27-14/h7-9,25H,5-6H2,1-4H3,(H-,20,21,22,26)/p+1. The minimum absolute atomic E-state index is 0.111. The van der Waals surface area contributed by atoms with Gasteiger partial charge in [0.2, 0.25) is 5.88 Å². The highest BCUT2D eigenvalue weighted by atomic mass is 35.5. The third-order valence-corrected chi connectivity index (χ3v) is 4.55. The summed E-state index contributed by atoms with van der Waals surface area (Å²) in [6.45, 7) is 6.27. The maximum absolute atomic E-state index is 12.3. The Labute approximate surface area is 160 Å². The van der Waals surface area contributed by atoms with Crippen LogP contribution in [0.25, 0.3) is 5.70 Å². The molecule has 3 N–H and O–H groups in total. The minimum atomic E-state index is -0.567. The lowest BCUT2D eigenvalue weighted by Crippen LogP contribution is -2.55. The van der Waals surface area contributed by atoms with E-state index in [1.807, 2.05) is 17.7 Å². The number of nitrogens with zero attached hydrogens (tertiary/aromatic N) is 4. The van der Waals surface area contributed by atoms with E-state index in [4.69, 9.17) is 16.1 Å². The van der Waals surface area contributed by atoms with Crippen molar-refractivity contribution in [2.75, 3.05) is 30.5 Å². The van der Waals surface area contributed by atoms with Crippen LogP contribution in [0.1, 0.15) is 32.3 Å². The fourth-order valence-corrected chi connectivity index (χ4v) is 3.05. The summed E-state index contributed by atoms with van der Waals surface area (Å²) < 4.78 is 6.85. The van der Waals surface area contributed by atoms with E-state index in [0.717, 1.165) is 22.0 Å². The van der Waals surface area contributed by atoms with Gasteiger partial charge in [0, 0.05) is 12.1 Å². The zero-order valence-corrected chi connectivity index (χ0v) is 16.3. The summed E-state index contributed by atoms with van der Waals surface area (Å²) in [6.07, 6.45) is 0. The number of fused-ring (bicyclic) bond motifs is 1. The van der Waals surface area contributed by atoms with Crippen LogP contribution in [0.4, 0.5) is 16.5 Å². The normalized spacial score (nSPS) is 12.7. The Bertz CT molecular complexity index is 1000. The van der Waals surface area contributed by atoms with E-state index in [1.165, 1.54) is 11.1 Å². The molecule has 3 heterocycles. The van der Waals surface area contributed by atoms with Crippen LogP contribution in [-0.4, -0.2) is 41.5 Å². The van der Waals surface area contributed by atoms with Crippen molar-refractivity contribution in [2.45, 2.75) is 26.7 Å². The number of rotatable bonds is 6. The first-order chi connectivity index (χ1) is 12.8. The first-order valence-electron chi connectivity index (χ1n) is 8.52. The topological polar surface area (TPSA) is 107 Å². The molecule has 27 heavy (non-hydrogen) atoms. The van der Waals surface area contributed by atoms with Gasteiger partial charge in [0.05, 0.1) is 20.2 Å². The van der Waals surface area contributed by atoms with Gasteiger partial charge in [-0.25, -0.2) is 19.8 Å². The zero-order chi connectivity index (χ0) is 19.7. The molecule has 0 fully saturated rings. The van der Waals surface area contributed by atoms with Gasteiger partial charge in [-0.05, 0) is 23.4 Å². The summed E-state index contributed by atoms with van der Waals surface area (Å²) in [7, 11) is 1.95. The molecule has 0 unspecified atom stereocenters. The fourth-order valence-electron chi connectivity index (χ4n) is 2.92. The number of pyridine rings is 1. The first-order valence-corrected chi connectivity index (χ1v) is 8.90. The Morgan fingerprint density at radius 3 is 2.78 bits per heavy atom. The number of anilines is 2. The van der Waals surface area contributed by atoms with Crippen molar-refractivity contribution in [1.82, 2.24) is 20.1 Å². The lowest BCUT2D eigenvalue weighted by molar-refractivity contribution is 0.247. The number of aromatic nitrogens is 2. The third kappa shape index (κ3) is 3.74. The van der Waals surface area contributed by atoms with E-state index in [1.54, 1.807) is 0 Å². The predicted octanol–water partition coefficient (Wildman–Crippen LogP) is 0.644. The molecule has 0 saturated carbocycles. The molecule has 0 aromatic carbocycles. The Hall–Kier alpha value is -2.65. The van der Waals surface area contributed by atoms with Gasteiger partial charge in [-0.3, -0.25) is 5.32 Å².